The smallest absolute Gasteiger partial charge is 0.228 e. The quantitative estimate of drug-likeness (QED) is 0.719. The lowest BCUT2D eigenvalue weighted by Crippen LogP contribution is -2.51. The molecule has 158 valence electrons. The molecule has 2 aliphatic rings. The van der Waals surface area contributed by atoms with E-state index < -0.39 is 0 Å². The number of hydrogen-bond acceptors (Lipinski definition) is 3. The predicted molar refractivity (Wildman–Crippen MR) is 114 cm³/mol. The lowest BCUT2D eigenvalue weighted by Gasteiger charge is -2.38. The molecule has 6 nitrogen and oxygen atoms in total. The van der Waals surface area contributed by atoms with Crippen LogP contribution < -0.4 is 10.2 Å². The molecule has 3 rings (SSSR count). The molecule has 0 radical (unpaired) electrons. The normalized spacial score (nSPS) is 24.7. The second-order valence-corrected chi connectivity index (χ2v) is 8.58. The van der Waals surface area contributed by atoms with Crippen LogP contribution in [0.3, 0.4) is 0 Å². The van der Waals surface area contributed by atoms with Gasteiger partial charge in [-0.1, -0.05) is 31.0 Å². The average molecular weight is 420 g/mol. The molecule has 2 fully saturated rings. The fourth-order valence-electron chi connectivity index (χ4n) is 4.16. The Labute approximate surface area is 177 Å². The number of halogens is 1. The highest BCUT2D eigenvalue weighted by Gasteiger charge is 2.41. The highest BCUT2D eigenvalue weighted by molar-refractivity contribution is 6.31. The fourth-order valence-corrected chi connectivity index (χ4v) is 4.35. The zero-order valence-corrected chi connectivity index (χ0v) is 18.0. The van der Waals surface area contributed by atoms with Gasteiger partial charge < -0.3 is 15.1 Å². The third-order valence-corrected chi connectivity index (χ3v) is 6.19. The molecule has 0 bridgehead atoms. The Morgan fingerprint density at radius 1 is 1.21 bits per heavy atom. The number of amides is 3. The van der Waals surface area contributed by atoms with Crippen LogP contribution in [0.1, 0.15) is 46.0 Å². The van der Waals surface area contributed by atoms with Gasteiger partial charge in [-0.15, -0.1) is 0 Å². The summed E-state index contributed by atoms with van der Waals surface area (Å²) >= 11 is 6.05. The molecule has 2 heterocycles. The van der Waals surface area contributed by atoms with Crippen molar-refractivity contribution < 1.29 is 14.4 Å². The molecular weight excluding hydrogens is 390 g/mol. The Kier molecular flexibility index (Phi) is 7.17. The summed E-state index contributed by atoms with van der Waals surface area (Å²) in [5, 5.41) is 3.55. The molecule has 3 amide bonds. The SMILES string of the molecule is CCCCNC(=O)C1CCC(C)N(C(=O)C2CC(=O)N(c3cccc(Cl)c3)C2)C1. The van der Waals surface area contributed by atoms with Crippen molar-refractivity contribution in [2.75, 3.05) is 24.5 Å². The molecule has 2 saturated heterocycles. The topological polar surface area (TPSA) is 69.7 Å². The Balaban J connectivity index is 1.64. The van der Waals surface area contributed by atoms with Gasteiger partial charge in [-0.3, -0.25) is 14.4 Å². The third-order valence-electron chi connectivity index (χ3n) is 5.96. The van der Waals surface area contributed by atoms with Crippen LogP contribution in [0.15, 0.2) is 24.3 Å². The summed E-state index contributed by atoms with van der Waals surface area (Å²) in [5.74, 6) is -0.615. The zero-order valence-electron chi connectivity index (χ0n) is 17.2. The van der Waals surface area contributed by atoms with E-state index in [2.05, 4.69) is 12.2 Å². The van der Waals surface area contributed by atoms with Gasteiger partial charge in [0.2, 0.25) is 17.7 Å². The van der Waals surface area contributed by atoms with Crippen LogP contribution in [0, 0.1) is 11.8 Å². The largest absolute Gasteiger partial charge is 0.356 e. The maximum Gasteiger partial charge on any atom is 0.228 e. The van der Waals surface area contributed by atoms with Crippen molar-refractivity contribution >= 4 is 35.0 Å². The van der Waals surface area contributed by atoms with Crippen LogP contribution in [0.5, 0.6) is 0 Å². The van der Waals surface area contributed by atoms with Crippen molar-refractivity contribution in [2.24, 2.45) is 11.8 Å². The fraction of sp³-hybridized carbons (Fsp3) is 0.591. The number of nitrogens with zero attached hydrogens (tertiary/aromatic N) is 2. The number of carbonyl (C=O) groups is 3. The van der Waals surface area contributed by atoms with Gasteiger partial charge in [-0.25, -0.2) is 0 Å². The van der Waals surface area contributed by atoms with E-state index in [0.717, 1.165) is 31.4 Å². The molecular formula is C22H30ClN3O3. The second-order valence-electron chi connectivity index (χ2n) is 8.14. The number of hydrogen-bond donors (Lipinski definition) is 1. The van der Waals surface area contributed by atoms with Gasteiger partial charge >= 0.3 is 0 Å². The first-order valence-electron chi connectivity index (χ1n) is 10.5. The Hall–Kier alpha value is -2.08. The van der Waals surface area contributed by atoms with E-state index in [9.17, 15) is 14.4 Å². The number of anilines is 1. The van der Waals surface area contributed by atoms with Crippen LogP contribution in [0.25, 0.3) is 0 Å². The Morgan fingerprint density at radius 3 is 2.72 bits per heavy atom. The van der Waals surface area contributed by atoms with Crippen molar-refractivity contribution in [1.82, 2.24) is 10.2 Å². The van der Waals surface area contributed by atoms with Crippen molar-refractivity contribution in [3.05, 3.63) is 29.3 Å². The first-order chi connectivity index (χ1) is 13.9. The highest BCUT2D eigenvalue weighted by Crippen LogP contribution is 2.30. The van der Waals surface area contributed by atoms with Gasteiger partial charge in [-0.05, 0) is 44.4 Å². The van der Waals surface area contributed by atoms with E-state index in [0.29, 0.717) is 24.7 Å². The van der Waals surface area contributed by atoms with Crippen LogP contribution in [0.4, 0.5) is 5.69 Å². The average Bonchev–Trinajstić information content (AvgIpc) is 3.09. The third kappa shape index (κ3) is 5.10. The minimum Gasteiger partial charge on any atom is -0.356 e. The summed E-state index contributed by atoms with van der Waals surface area (Å²) in [7, 11) is 0. The number of unbranched alkanes of at least 4 members (excludes halogenated alkanes) is 1. The molecule has 1 aromatic carbocycles. The Bertz CT molecular complexity index is 769. The zero-order chi connectivity index (χ0) is 21.0. The molecule has 2 aliphatic heterocycles. The second kappa shape index (κ2) is 9.61. The molecule has 1 aromatic rings. The number of likely N-dealkylation sites (tertiary alicyclic amines) is 1. The van der Waals surface area contributed by atoms with Gasteiger partial charge in [-0.2, -0.15) is 0 Å². The van der Waals surface area contributed by atoms with E-state index in [4.69, 9.17) is 11.6 Å². The highest BCUT2D eigenvalue weighted by atomic mass is 35.5. The van der Waals surface area contributed by atoms with Crippen molar-refractivity contribution in [3.63, 3.8) is 0 Å². The number of carbonyl (C=O) groups excluding carboxylic acids is 3. The standard InChI is InChI=1S/C22H30ClN3O3/c1-3-4-10-24-21(28)16-9-8-15(2)25(13-16)22(29)17-11-20(27)26(14-17)19-7-5-6-18(23)12-19/h5-7,12,15-17H,3-4,8-11,13-14H2,1-2H3,(H,24,28). The molecule has 3 unspecified atom stereocenters. The van der Waals surface area contributed by atoms with Crippen LogP contribution in [-0.2, 0) is 14.4 Å². The summed E-state index contributed by atoms with van der Waals surface area (Å²) in [6, 6.07) is 7.21. The maximum absolute atomic E-state index is 13.2. The maximum atomic E-state index is 13.2. The molecule has 0 aromatic heterocycles. The first-order valence-corrected chi connectivity index (χ1v) is 10.9. The van der Waals surface area contributed by atoms with Crippen LogP contribution in [-0.4, -0.2) is 48.3 Å². The van der Waals surface area contributed by atoms with E-state index in [-0.39, 0.29) is 42.0 Å². The van der Waals surface area contributed by atoms with Gasteiger partial charge in [0.25, 0.3) is 0 Å². The number of benzene rings is 1. The molecule has 0 aliphatic carbocycles. The van der Waals surface area contributed by atoms with Crippen molar-refractivity contribution in [1.29, 1.82) is 0 Å². The summed E-state index contributed by atoms with van der Waals surface area (Å²) in [6.45, 7) is 5.58. The Morgan fingerprint density at radius 2 is 2.00 bits per heavy atom. The molecule has 29 heavy (non-hydrogen) atoms. The molecule has 0 saturated carbocycles. The molecule has 7 heteroatoms. The lowest BCUT2D eigenvalue weighted by molar-refractivity contribution is -0.142. The number of rotatable bonds is 6. The summed E-state index contributed by atoms with van der Waals surface area (Å²) in [6.07, 6.45) is 3.78. The predicted octanol–water partition coefficient (Wildman–Crippen LogP) is 3.24. The van der Waals surface area contributed by atoms with E-state index >= 15 is 0 Å². The van der Waals surface area contributed by atoms with E-state index in [1.807, 2.05) is 17.9 Å². The van der Waals surface area contributed by atoms with Crippen molar-refractivity contribution in [2.45, 2.75) is 52.0 Å². The van der Waals surface area contributed by atoms with E-state index in [1.54, 1.807) is 23.1 Å². The summed E-state index contributed by atoms with van der Waals surface area (Å²) < 4.78 is 0. The molecule has 3 atom stereocenters. The minimum atomic E-state index is -0.383. The van der Waals surface area contributed by atoms with Gasteiger partial charge in [0, 0.05) is 42.8 Å². The van der Waals surface area contributed by atoms with Gasteiger partial charge in [0.15, 0.2) is 0 Å². The van der Waals surface area contributed by atoms with Crippen LogP contribution >= 0.6 is 11.6 Å². The lowest BCUT2D eigenvalue weighted by atomic mass is 9.91. The minimum absolute atomic E-state index is 0.0264. The number of nitrogens with one attached hydrogen (secondary N) is 1. The monoisotopic (exact) mass is 419 g/mol. The van der Waals surface area contributed by atoms with Gasteiger partial charge in [0.05, 0.1) is 11.8 Å². The van der Waals surface area contributed by atoms with E-state index in [1.165, 1.54) is 0 Å². The number of piperidine rings is 1. The molecule has 0 spiro atoms. The van der Waals surface area contributed by atoms with Crippen molar-refractivity contribution in [3.8, 4) is 0 Å². The van der Waals surface area contributed by atoms with Gasteiger partial charge in [0.1, 0.15) is 0 Å². The molecule has 1 N–H and O–H groups in total. The summed E-state index contributed by atoms with van der Waals surface area (Å²) in [5.41, 5.74) is 0.720. The summed E-state index contributed by atoms with van der Waals surface area (Å²) in [4.78, 5) is 41.7. The first kappa shape index (κ1) is 21.6. The van der Waals surface area contributed by atoms with Crippen LogP contribution in [0.2, 0.25) is 5.02 Å².